The average Bonchev–Trinajstić information content (AvgIpc) is 1.12. The first-order valence-electron chi connectivity index (χ1n) is 1.57. The van der Waals surface area contributed by atoms with Gasteiger partial charge in [0, 0.05) is 0 Å². The first-order chi connectivity index (χ1) is 4.00. The van der Waals surface area contributed by atoms with E-state index in [1.165, 1.54) is 0 Å². The maximum absolute atomic E-state index is 8.88. The van der Waals surface area contributed by atoms with Crippen LogP contribution in [0.5, 0.6) is 0 Å². The first-order valence-corrected chi connectivity index (χ1v) is 4.70. The third kappa shape index (κ3) is 787. The molecule has 0 aliphatic heterocycles. The summed E-state index contributed by atoms with van der Waals surface area (Å²) in [7, 11) is -9.28. The molecule has 0 aromatic rings. The predicted octanol–water partition coefficient (Wildman–Crippen LogP) is -4.10. The van der Waals surface area contributed by atoms with E-state index in [0.717, 1.165) is 0 Å². The van der Waals surface area contributed by atoms with Gasteiger partial charge in [0.1, 0.15) is 0 Å². The van der Waals surface area contributed by atoms with Crippen LogP contribution in [0, 0.1) is 0 Å². The number of hydrogen-bond donors (Lipinski definition) is 6. The molecule has 0 saturated heterocycles. The van der Waals surface area contributed by atoms with Gasteiger partial charge in [0.25, 0.3) is 0 Å². The molecule has 0 spiro atoms. The van der Waals surface area contributed by atoms with Crippen molar-refractivity contribution in [3.05, 3.63) is 0 Å². The largest absolute Gasteiger partial charge is 1.00 e. The molecule has 0 saturated carbocycles. The van der Waals surface area contributed by atoms with Gasteiger partial charge >= 0.3 is 45.2 Å². The molecule has 11 heteroatoms. The second-order valence-corrected chi connectivity index (χ2v) is 3.08. The fourth-order valence-corrected chi connectivity index (χ4v) is 0. The minimum absolute atomic E-state index is 0. The van der Waals surface area contributed by atoms with Crippen molar-refractivity contribution < 1.29 is 69.5 Å². The Bertz CT molecular complexity index is 134. The van der Waals surface area contributed by atoms with Gasteiger partial charge in [0.15, 0.2) is 0 Å². The molecule has 0 bridgehead atoms. The third-order valence-corrected chi connectivity index (χ3v) is 0. The zero-order valence-electron chi connectivity index (χ0n) is 6.39. The van der Waals surface area contributed by atoms with Crippen LogP contribution in [-0.2, 0) is 9.13 Å². The van der Waals surface area contributed by atoms with E-state index in [1.807, 2.05) is 0 Å². The Hall–Kier alpha value is 1.22. The molecular formula is CH11NaO8P2. The molecule has 0 aromatic carbocycles. The number of hydrogen-bond acceptors (Lipinski definition) is 2. The Morgan fingerprint density at radius 2 is 0.750 bits per heavy atom. The Morgan fingerprint density at radius 3 is 0.750 bits per heavy atom. The minimum Gasteiger partial charge on any atom is -1.00 e. The van der Waals surface area contributed by atoms with Gasteiger partial charge < -0.3 is 30.8 Å². The molecule has 0 atom stereocenters. The van der Waals surface area contributed by atoms with E-state index < -0.39 is 15.6 Å². The second-order valence-electron chi connectivity index (χ2n) is 1.03. The summed E-state index contributed by atoms with van der Waals surface area (Å²) in [6, 6.07) is 0. The van der Waals surface area contributed by atoms with Crippen molar-refractivity contribution in [2.24, 2.45) is 0 Å². The van der Waals surface area contributed by atoms with Crippen LogP contribution in [0.25, 0.3) is 0 Å². The summed E-state index contributed by atoms with van der Waals surface area (Å²) in [5.41, 5.74) is 0. The summed E-state index contributed by atoms with van der Waals surface area (Å²) in [6.45, 7) is 0. The third-order valence-electron chi connectivity index (χ3n) is 0. The number of phosphoric acid groups is 2. The quantitative estimate of drug-likeness (QED) is 0.183. The molecule has 0 heterocycles. The molecule has 0 rings (SSSR count). The Labute approximate surface area is 92.5 Å². The van der Waals surface area contributed by atoms with Gasteiger partial charge in [-0.3, -0.25) is 0 Å². The average molecular weight is 236 g/mol. The standard InChI is InChI=1S/CH4.Na.2H3O4P.H/c;;2*1-5(2,3)4;/h1H4;;2*(H3,1,2,3,4);/q;+1;;;-1. The van der Waals surface area contributed by atoms with E-state index in [-0.39, 0.29) is 38.4 Å². The van der Waals surface area contributed by atoms with Crippen LogP contribution in [0.2, 0.25) is 0 Å². The molecule has 8 nitrogen and oxygen atoms in total. The maximum atomic E-state index is 8.88. The van der Waals surface area contributed by atoms with E-state index in [4.69, 9.17) is 38.5 Å². The molecule has 0 fully saturated rings. The normalized spacial score (nSPS) is 9.83. The van der Waals surface area contributed by atoms with Crippen LogP contribution < -0.4 is 29.6 Å². The summed E-state index contributed by atoms with van der Waals surface area (Å²) in [4.78, 5) is 43.1. The molecule has 0 aliphatic rings. The minimum atomic E-state index is -4.64. The van der Waals surface area contributed by atoms with E-state index in [0.29, 0.717) is 0 Å². The summed E-state index contributed by atoms with van der Waals surface area (Å²) >= 11 is 0. The molecule has 6 N–H and O–H groups in total. The molecule has 0 aromatic heterocycles. The van der Waals surface area contributed by atoms with Gasteiger partial charge in [-0.25, -0.2) is 9.13 Å². The van der Waals surface area contributed by atoms with Crippen molar-refractivity contribution in [2.45, 2.75) is 7.43 Å². The van der Waals surface area contributed by atoms with Crippen molar-refractivity contribution >= 4 is 15.6 Å². The molecule has 0 amide bonds. The fourth-order valence-electron chi connectivity index (χ4n) is 0. The van der Waals surface area contributed by atoms with Crippen LogP contribution in [0.1, 0.15) is 8.85 Å². The van der Waals surface area contributed by atoms with Crippen LogP contribution in [0.3, 0.4) is 0 Å². The van der Waals surface area contributed by atoms with Gasteiger partial charge in [0.2, 0.25) is 0 Å². The SMILES string of the molecule is C.O=P(O)(O)O.O=P(O)(O)O.[H-].[Na+]. The van der Waals surface area contributed by atoms with Crippen molar-refractivity contribution in [1.29, 1.82) is 0 Å². The zero-order chi connectivity index (χ0) is 9.00. The zero-order valence-corrected chi connectivity index (χ0v) is 9.18. The summed E-state index contributed by atoms with van der Waals surface area (Å²) in [6.07, 6.45) is 0. The molecule has 0 radical (unpaired) electrons. The fraction of sp³-hybridized carbons (Fsp3) is 1.00. The van der Waals surface area contributed by atoms with Crippen molar-refractivity contribution in [1.82, 2.24) is 0 Å². The predicted molar refractivity (Wildman–Crippen MR) is 36.4 cm³/mol. The van der Waals surface area contributed by atoms with E-state index in [9.17, 15) is 0 Å². The number of rotatable bonds is 0. The van der Waals surface area contributed by atoms with Gasteiger partial charge in [-0.1, -0.05) is 7.43 Å². The van der Waals surface area contributed by atoms with Crippen molar-refractivity contribution in [2.75, 3.05) is 0 Å². The van der Waals surface area contributed by atoms with Gasteiger partial charge in [-0.2, -0.15) is 0 Å². The van der Waals surface area contributed by atoms with Gasteiger partial charge in [-0.05, 0) is 0 Å². The van der Waals surface area contributed by atoms with Crippen molar-refractivity contribution in [3.8, 4) is 0 Å². The van der Waals surface area contributed by atoms with Crippen molar-refractivity contribution in [3.63, 3.8) is 0 Å². The summed E-state index contributed by atoms with van der Waals surface area (Å²) in [5, 5.41) is 0. The van der Waals surface area contributed by atoms with Gasteiger partial charge in [-0.15, -0.1) is 0 Å². The molecule has 0 aliphatic carbocycles. The topological polar surface area (TPSA) is 156 Å². The molecule has 74 valence electrons. The van der Waals surface area contributed by atoms with E-state index in [1.54, 1.807) is 0 Å². The van der Waals surface area contributed by atoms with E-state index >= 15 is 0 Å². The summed E-state index contributed by atoms with van der Waals surface area (Å²) in [5.74, 6) is 0. The van der Waals surface area contributed by atoms with E-state index in [2.05, 4.69) is 0 Å². The Balaban J connectivity index is -0.0000000267. The Morgan fingerprint density at radius 1 is 0.750 bits per heavy atom. The smallest absolute Gasteiger partial charge is 1.00 e. The molecular weight excluding hydrogens is 225 g/mol. The molecule has 12 heavy (non-hydrogen) atoms. The molecule has 0 unspecified atom stereocenters. The van der Waals surface area contributed by atoms with Crippen LogP contribution in [0.15, 0.2) is 0 Å². The van der Waals surface area contributed by atoms with Crippen LogP contribution >= 0.6 is 15.6 Å². The van der Waals surface area contributed by atoms with Gasteiger partial charge in [0.05, 0.1) is 0 Å². The Kier molecular flexibility index (Phi) is 17.0. The first kappa shape index (κ1) is 23.2. The summed E-state index contributed by atoms with van der Waals surface area (Å²) < 4.78 is 17.8. The maximum Gasteiger partial charge on any atom is 1.00 e. The monoisotopic (exact) mass is 236 g/mol. The second kappa shape index (κ2) is 8.80. The van der Waals surface area contributed by atoms with Crippen LogP contribution in [-0.4, -0.2) is 29.4 Å². The van der Waals surface area contributed by atoms with Crippen LogP contribution in [0.4, 0.5) is 0 Å².